The van der Waals surface area contributed by atoms with E-state index in [-0.39, 0.29) is 12.4 Å². The van der Waals surface area contributed by atoms with E-state index in [1.807, 2.05) is 19.1 Å². The van der Waals surface area contributed by atoms with Crippen molar-refractivity contribution >= 4 is 12.0 Å². The topological polar surface area (TPSA) is 63.2 Å². The molecule has 0 saturated carbocycles. The van der Waals surface area contributed by atoms with E-state index in [4.69, 9.17) is 23.7 Å². The van der Waals surface area contributed by atoms with Crippen molar-refractivity contribution in [3.8, 4) is 23.0 Å². The molecule has 3 rings (SSSR count). The predicted octanol–water partition coefficient (Wildman–Crippen LogP) is 3.41. The zero-order valence-electron chi connectivity index (χ0n) is 13.8. The summed E-state index contributed by atoms with van der Waals surface area (Å²) in [6.07, 6.45) is 1.73. The number of fused-ring (bicyclic) bond motifs is 1. The minimum atomic E-state index is -0.834. The van der Waals surface area contributed by atoms with Crippen LogP contribution in [0.2, 0.25) is 0 Å². The smallest absolute Gasteiger partial charge is 0.361 e. The van der Waals surface area contributed by atoms with Crippen LogP contribution in [0, 0.1) is 0 Å². The normalized spacial score (nSPS) is 14.8. The molecule has 1 heterocycles. The Labute approximate surface area is 145 Å². The van der Waals surface area contributed by atoms with Gasteiger partial charge in [-0.1, -0.05) is 30.9 Å². The highest BCUT2D eigenvalue weighted by atomic mass is 16.9. The average Bonchev–Trinajstić information content (AvgIpc) is 3.04. The van der Waals surface area contributed by atoms with Gasteiger partial charge in [-0.3, -0.25) is 0 Å². The first kappa shape index (κ1) is 16.9. The van der Waals surface area contributed by atoms with Gasteiger partial charge in [0.15, 0.2) is 18.1 Å². The van der Waals surface area contributed by atoms with Crippen LogP contribution < -0.4 is 18.9 Å². The summed E-state index contributed by atoms with van der Waals surface area (Å²) >= 11 is 0. The third kappa shape index (κ3) is 4.10. The van der Waals surface area contributed by atoms with E-state index in [9.17, 15) is 4.79 Å². The third-order valence-corrected chi connectivity index (χ3v) is 3.38. The van der Waals surface area contributed by atoms with Gasteiger partial charge < -0.3 is 23.7 Å². The Morgan fingerprint density at radius 1 is 1.20 bits per heavy atom. The molecule has 2 aromatic carbocycles. The van der Waals surface area contributed by atoms with Crippen LogP contribution in [0.15, 0.2) is 49.0 Å². The van der Waals surface area contributed by atoms with Crippen molar-refractivity contribution in [2.45, 2.75) is 13.4 Å². The molecule has 0 aliphatic carbocycles. The number of rotatable bonds is 7. The van der Waals surface area contributed by atoms with Crippen LogP contribution in [-0.2, 0) is 9.53 Å². The Bertz CT molecular complexity index is 753. The lowest BCUT2D eigenvalue weighted by atomic mass is 10.2. The molecule has 0 amide bonds. The lowest BCUT2D eigenvalue weighted by Crippen LogP contribution is -2.22. The molecule has 0 bridgehead atoms. The standard InChI is InChI=1S/C19H18O6/c1-3-13-8-10-14(11-9-13)22-12-17(20)23-15-6-5-7-16-18(15)25-19(24-16)21-4-2/h3,5-11,19H,1,4,12H2,2H3. The number of ether oxygens (including phenoxy) is 5. The molecule has 1 aliphatic heterocycles. The highest BCUT2D eigenvalue weighted by Gasteiger charge is 2.28. The molecule has 25 heavy (non-hydrogen) atoms. The second kappa shape index (κ2) is 7.72. The van der Waals surface area contributed by atoms with E-state index in [1.54, 1.807) is 36.4 Å². The van der Waals surface area contributed by atoms with Gasteiger partial charge in [-0.05, 0) is 36.8 Å². The molecule has 6 nitrogen and oxygen atoms in total. The molecule has 6 heteroatoms. The number of hydrogen-bond acceptors (Lipinski definition) is 6. The molecule has 130 valence electrons. The van der Waals surface area contributed by atoms with Crippen molar-refractivity contribution in [2.24, 2.45) is 0 Å². The molecule has 0 saturated heterocycles. The maximum Gasteiger partial charge on any atom is 0.361 e. The van der Waals surface area contributed by atoms with Gasteiger partial charge in [0.1, 0.15) is 5.75 Å². The van der Waals surface area contributed by atoms with Gasteiger partial charge in [-0.25, -0.2) is 4.79 Å². The third-order valence-electron chi connectivity index (χ3n) is 3.38. The summed E-state index contributed by atoms with van der Waals surface area (Å²) in [5, 5.41) is 0. The Kier molecular flexibility index (Phi) is 5.20. The number of para-hydroxylation sites is 1. The van der Waals surface area contributed by atoms with Crippen LogP contribution >= 0.6 is 0 Å². The maximum absolute atomic E-state index is 12.0. The molecule has 0 N–H and O–H groups in total. The van der Waals surface area contributed by atoms with Crippen molar-refractivity contribution in [3.63, 3.8) is 0 Å². The highest BCUT2D eigenvalue weighted by molar-refractivity contribution is 5.75. The molecule has 1 unspecified atom stereocenters. The fourth-order valence-electron chi connectivity index (χ4n) is 2.21. The van der Waals surface area contributed by atoms with E-state index in [1.165, 1.54) is 0 Å². The highest BCUT2D eigenvalue weighted by Crippen LogP contribution is 2.42. The van der Waals surface area contributed by atoms with Crippen LogP contribution in [0.4, 0.5) is 0 Å². The largest absolute Gasteiger partial charge is 0.482 e. The summed E-state index contributed by atoms with van der Waals surface area (Å²) < 4.78 is 26.9. The monoisotopic (exact) mass is 342 g/mol. The summed E-state index contributed by atoms with van der Waals surface area (Å²) in [6, 6.07) is 12.2. The van der Waals surface area contributed by atoms with Gasteiger partial charge in [0.05, 0.1) is 6.61 Å². The maximum atomic E-state index is 12.0. The number of carbonyl (C=O) groups is 1. The summed E-state index contributed by atoms with van der Waals surface area (Å²) in [7, 11) is 0. The summed E-state index contributed by atoms with van der Waals surface area (Å²) in [5.41, 5.74) is 0.968. The second-order valence-corrected chi connectivity index (χ2v) is 5.10. The van der Waals surface area contributed by atoms with Crippen LogP contribution in [-0.4, -0.2) is 25.7 Å². The van der Waals surface area contributed by atoms with Crippen molar-refractivity contribution in [1.29, 1.82) is 0 Å². The number of esters is 1. The Morgan fingerprint density at radius 2 is 2.00 bits per heavy atom. The summed E-state index contributed by atoms with van der Waals surface area (Å²) in [6.45, 7) is 4.88. The van der Waals surface area contributed by atoms with Gasteiger partial charge in [-0.15, -0.1) is 0 Å². The van der Waals surface area contributed by atoms with E-state index in [0.29, 0.717) is 23.9 Å². The molecule has 1 atom stereocenters. The SMILES string of the molecule is C=Cc1ccc(OCC(=O)Oc2cccc3c2OC(OCC)O3)cc1. The van der Waals surface area contributed by atoms with E-state index >= 15 is 0 Å². The predicted molar refractivity (Wildman–Crippen MR) is 90.8 cm³/mol. The van der Waals surface area contributed by atoms with Crippen LogP contribution in [0.5, 0.6) is 23.0 Å². The molecule has 1 aliphatic rings. The molecular formula is C19H18O6. The van der Waals surface area contributed by atoms with E-state index in [2.05, 4.69) is 6.58 Å². The second-order valence-electron chi connectivity index (χ2n) is 5.10. The van der Waals surface area contributed by atoms with Crippen molar-refractivity contribution in [2.75, 3.05) is 13.2 Å². The quantitative estimate of drug-likeness (QED) is 0.568. The summed E-state index contributed by atoms with van der Waals surface area (Å²) in [4.78, 5) is 12.0. The Morgan fingerprint density at radius 3 is 2.72 bits per heavy atom. The van der Waals surface area contributed by atoms with Gasteiger partial charge in [0, 0.05) is 0 Å². The van der Waals surface area contributed by atoms with Crippen LogP contribution in [0.3, 0.4) is 0 Å². The van der Waals surface area contributed by atoms with Crippen LogP contribution in [0.25, 0.3) is 6.08 Å². The van der Waals surface area contributed by atoms with Gasteiger partial charge in [-0.2, -0.15) is 0 Å². The number of benzene rings is 2. The summed E-state index contributed by atoms with van der Waals surface area (Å²) in [5.74, 6) is 1.08. The molecule has 2 aromatic rings. The van der Waals surface area contributed by atoms with Crippen molar-refractivity contribution in [3.05, 3.63) is 54.6 Å². The average molecular weight is 342 g/mol. The number of hydrogen-bond donors (Lipinski definition) is 0. The Hall–Kier alpha value is -2.99. The molecule has 0 radical (unpaired) electrons. The van der Waals surface area contributed by atoms with Crippen molar-refractivity contribution < 1.29 is 28.5 Å². The van der Waals surface area contributed by atoms with E-state index < -0.39 is 12.4 Å². The molecule has 0 fully saturated rings. The molecule has 0 aromatic heterocycles. The lowest BCUT2D eigenvalue weighted by Gasteiger charge is -2.10. The van der Waals surface area contributed by atoms with E-state index in [0.717, 1.165) is 5.56 Å². The first-order valence-corrected chi connectivity index (χ1v) is 7.83. The molecular weight excluding hydrogens is 324 g/mol. The fraction of sp³-hybridized carbons (Fsp3) is 0.211. The van der Waals surface area contributed by atoms with Crippen molar-refractivity contribution in [1.82, 2.24) is 0 Å². The minimum Gasteiger partial charge on any atom is -0.482 e. The zero-order chi connectivity index (χ0) is 17.6. The Balaban J connectivity index is 1.58. The first-order chi connectivity index (χ1) is 12.2. The zero-order valence-corrected chi connectivity index (χ0v) is 13.8. The van der Waals surface area contributed by atoms with Gasteiger partial charge in [0.25, 0.3) is 0 Å². The molecule has 0 spiro atoms. The van der Waals surface area contributed by atoms with Gasteiger partial charge >= 0.3 is 12.4 Å². The minimum absolute atomic E-state index is 0.229. The van der Waals surface area contributed by atoms with Crippen LogP contribution in [0.1, 0.15) is 12.5 Å². The lowest BCUT2D eigenvalue weighted by molar-refractivity contribution is -0.174. The fourth-order valence-corrected chi connectivity index (χ4v) is 2.21. The first-order valence-electron chi connectivity index (χ1n) is 7.83. The number of carbonyl (C=O) groups excluding carboxylic acids is 1. The van der Waals surface area contributed by atoms with Gasteiger partial charge in [0.2, 0.25) is 5.75 Å².